The fourth-order valence-corrected chi connectivity index (χ4v) is 2.99. The first-order valence-electron chi connectivity index (χ1n) is 9.84. The Labute approximate surface area is 179 Å². The minimum Gasteiger partial charge on any atom is -0.489 e. The van der Waals surface area contributed by atoms with Crippen LogP contribution < -0.4 is 10.5 Å². The number of hydrogen-bond acceptors (Lipinski definition) is 7. The molecule has 0 aromatic heterocycles. The van der Waals surface area contributed by atoms with Crippen molar-refractivity contribution in [3.05, 3.63) is 65.7 Å². The van der Waals surface area contributed by atoms with Crippen LogP contribution in [0.2, 0.25) is 0 Å². The molecule has 2 aromatic rings. The van der Waals surface area contributed by atoms with Crippen molar-refractivity contribution in [2.75, 3.05) is 19.9 Å². The van der Waals surface area contributed by atoms with Crippen molar-refractivity contribution in [1.82, 2.24) is 9.80 Å². The number of aliphatic hydroxyl groups excluding tert-OH is 1. The maximum atomic E-state index is 12.7. The molecule has 2 aromatic carbocycles. The van der Waals surface area contributed by atoms with Crippen molar-refractivity contribution in [1.29, 1.82) is 0 Å². The van der Waals surface area contributed by atoms with Crippen molar-refractivity contribution in [3.8, 4) is 5.75 Å². The summed E-state index contributed by atoms with van der Waals surface area (Å²) in [5.74, 6) is -0.637. The van der Waals surface area contributed by atoms with E-state index >= 15 is 0 Å². The number of imide groups is 2. The Kier molecular flexibility index (Phi) is 7.71. The van der Waals surface area contributed by atoms with Crippen LogP contribution in [0.3, 0.4) is 0 Å². The molecule has 1 atom stereocenters. The predicted molar refractivity (Wildman–Crippen MR) is 111 cm³/mol. The first kappa shape index (κ1) is 22.4. The number of ether oxygens (including phenoxy) is 2. The summed E-state index contributed by atoms with van der Waals surface area (Å²) in [7, 11) is 0. The Morgan fingerprint density at radius 3 is 2.39 bits per heavy atom. The number of urea groups is 1. The molecule has 0 spiro atoms. The molecule has 0 bridgehead atoms. The second kappa shape index (κ2) is 10.7. The van der Waals surface area contributed by atoms with Gasteiger partial charge in [0.1, 0.15) is 25.5 Å². The van der Waals surface area contributed by atoms with E-state index in [4.69, 9.17) is 20.3 Å². The number of nitrogens with two attached hydrogens (primary N) is 1. The van der Waals surface area contributed by atoms with Crippen molar-refractivity contribution in [3.63, 3.8) is 0 Å². The van der Waals surface area contributed by atoms with Crippen LogP contribution >= 0.6 is 0 Å². The van der Waals surface area contributed by atoms with E-state index in [1.807, 2.05) is 30.3 Å². The number of carbonyl (C=O) groups is 3. The fraction of sp³-hybridized carbons (Fsp3) is 0.318. The lowest BCUT2D eigenvalue weighted by molar-refractivity contribution is -0.148. The summed E-state index contributed by atoms with van der Waals surface area (Å²) in [6, 6.07) is 16.0. The van der Waals surface area contributed by atoms with E-state index in [0.29, 0.717) is 17.9 Å². The summed E-state index contributed by atoms with van der Waals surface area (Å²) >= 11 is 0. The first-order chi connectivity index (χ1) is 15.0. The molecule has 1 saturated heterocycles. The van der Waals surface area contributed by atoms with Crippen molar-refractivity contribution >= 4 is 17.8 Å². The van der Waals surface area contributed by atoms with E-state index in [-0.39, 0.29) is 26.4 Å². The number of amides is 4. The van der Waals surface area contributed by atoms with Gasteiger partial charge in [-0.2, -0.15) is 0 Å². The van der Waals surface area contributed by atoms with Crippen molar-refractivity contribution < 1.29 is 29.0 Å². The summed E-state index contributed by atoms with van der Waals surface area (Å²) < 4.78 is 11.1. The Hall–Kier alpha value is -3.27. The van der Waals surface area contributed by atoms with Gasteiger partial charge in [-0.1, -0.05) is 42.5 Å². The number of aliphatic hydroxyl groups is 1. The van der Waals surface area contributed by atoms with Crippen LogP contribution in [-0.2, 0) is 27.5 Å². The molecule has 9 heteroatoms. The predicted octanol–water partition coefficient (Wildman–Crippen LogP) is 1.24. The normalized spacial score (nSPS) is 15.4. The lowest BCUT2D eigenvalue weighted by atomic mass is 10.1. The van der Waals surface area contributed by atoms with Gasteiger partial charge < -0.3 is 20.3 Å². The van der Waals surface area contributed by atoms with Crippen molar-refractivity contribution in [2.45, 2.75) is 25.7 Å². The van der Waals surface area contributed by atoms with Gasteiger partial charge in [-0.15, -0.1) is 0 Å². The molecule has 1 heterocycles. The number of benzene rings is 2. The quantitative estimate of drug-likeness (QED) is 0.547. The Morgan fingerprint density at radius 2 is 1.68 bits per heavy atom. The van der Waals surface area contributed by atoms with E-state index in [1.165, 1.54) is 0 Å². The monoisotopic (exact) mass is 427 g/mol. The third kappa shape index (κ3) is 5.88. The van der Waals surface area contributed by atoms with Gasteiger partial charge in [-0.05, 0) is 23.3 Å². The molecule has 4 amide bonds. The van der Waals surface area contributed by atoms with Gasteiger partial charge in [0.05, 0.1) is 19.3 Å². The Morgan fingerprint density at radius 1 is 0.968 bits per heavy atom. The summed E-state index contributed by atoms with van der Waals surface area (Å²) in [4.78, 5) is 39.1. The minimum atomic E-state index is -0.773. The largest absolute Gasteiger partial charge is 0.489 e. The zero-order valence-corrected chi connectivity index (χ0v) is 17.0. The van der Waals surface area contributed by atoms with E-state index in [9.17, 15) is 14.4 Å². The van der Waals surface area contributed by atoms with E-state index in [1.54, 1.807) is 24.3 Å². The molecular weight excluding hydrogens is 402 g/mol. The van der Waals surface area contributed by atoms with Gasteiger partial charge in [0.25, 0.3) is 0 Å². The Bertz CT molecular complexity index is 916. The third-order valence-corrected chi connectivity index (χ3v) is 4.76. The molecule has 1 aliphatic heterocycles. The van der Waals surface area contributed by atoms with Crippen LogP contribution in [0.25, 0.3) is 0 Å². The van der Waals surface area contributed by atoms with Gasteiger partial charge in [-0.25, -0.2) is 9.69 Å². The SMILES string of the molecule is NCC(CO)OCN1C(=O)CC(=O)N(Cc2cccc(OCc3ccccc3)c2)C1=O. The van der Waals surface area contributed by atoms with Crippen LogP contribution in [0.15, 0.2) is 54.6 Å². The van der Waals surface area contributed by atoms with Crippen LogP contribution in [-0.4, -0.2) is 58.7 Å². The smallest absolute Gasteiger partial charge is 0.335 e. The second-order valence-corrected chi connectivity index (χ2v) is 7.02. The maximum absolute atomic E-state index is 12.7. The van der Waals surface area contributed by atoms with E-state index in [2.05, 4.69) is 0 Å². The average molecular weight is 427 g/mol. The van der Waals surface area contributed by atoms with Gasteiger partial charge >= 0.3 is 6.03 Å². The lowest BCUT2D eigenvalue weighted by Crippen LogP contribution is -2.55. The molecule has 1 unspecified atom stereocenters. The van der Waals surface area contributed by atoms with Gasteiger partial charge in [-0.3, -0.25) is 14.5 Å². The van der Waals surface area contributed by atoms with Gasteiger partial charge in [0.15, 0.2) is 0 Å². The number of hydrogen-bond donors (Lipinski definition) is 2. The molecule has 1 aliphatic rings. The number of nitrogens with zero attached hydrogens (tertiary/aromatic N) is 2. The third-order valence-electron chi connectivity index (χ3n) is 4.76. The zero-order chi connectivity index (χ0) is 22.2. The lowest BCUT2D eigenvalue weighted by Gasteiger charge is -2.33. The fourth-order valence-electron chi connectivity index (χ4n) is 2.99. The highest BCUT2D eigenvalue weighted by atomic mass is 16.5. The highest BCUT2D eigenvalue weighted by Gasteiger charge is 2.38. The summed E-state index contributed by atoms with van der Waals surface area (Å²) in [6.07, 6.45) is -1.14. The second-order valence-electron chi connectivity index (χ2n) is 7.02. The molecule has 1 fully saturated rings. The van der Waals surface area contributed by atoms with Gasteiger partial charge in [0.2, 0.25) is 11.8 Å². The van der Waals surface area contributed by atoms with Crippen LogP contribution in [0.4, 0.5) is 4.79 Å². The highest BCUT2D eigenvalue weighted by molar-refractivity contribution is 6.13. The standard InChI is InChI=1S/C22H25N3O6/c23-11-19(13-26)31-15-25-21(28)10-20(27)24(22(25)29)12-17-7-4-8-18(9-17)30-14-16-5-2-1-3-6-16/h1-9,19,26H,10-15,23H2. The molecule has 9 nitrogen and oxygen atoms in total. The maximum Gasteiger partial charge on any atom is 0.335 e. The summed E-state index contributed by atoms with van der Waals surface area (Å²) in [6.45, 7) is -0.316. The van der Waals surface area contributed by atoms with Crippen LogP contribution in [0.1, 0.15) is 17.5 Å². The molecular formula is C22H25N3O6. The topological polar surface area (TPSA) is 122 Å². The number of barbiturate groups is 1. The summed E-state index contributed by atoms with van der Waals surface area (Å²) in [5.41, 5.74) is 7.14. The number of rotatable bonds is 10. The first-order valence-corrected chi connectivity index (χ1v) is 9.84. The van der Waals surface area contributed by atoms with Gasteiger partial charge in [0, 0.05) is 6.54 Å². The average Bonchev–Trinajstić information content (AvgIpc) is 2.78. The highest BCUT2D eigenvalue weighted by Crippen LogP contribution is 2.20. The van der Waals surface area contributed by atoms with Crippen LogP contribution in [0.5, 0.6) is 5.75 Å². The molecule has 0 radical (unpaired) electrons. The molecule has 0 saturated carbocycles. The molecule has 3 N–H and O–H groups in total. The summed E-state index contributed by atoms with van der Waals surface area (Å²) in [5, 5.41) is 9.15. The molecule has 164 valence electrons. The van der Waals surface area contributed by atoms with Crippen molar-refractivity contribution in [2.24, 2.45) is 5.73 Å². The molecule has 0 aliphatic carbocycles. The van der Waals surface area contributed by atoms with E-state index < -0.39 is 30.4 Å². The molecule has 31 heavy (non-hydrogen) atoms. The molecule has 3 rings (SSSR count). The number of carbonyl (C=O) groups excluding carboxylic acids is 3. The van der Waals surface area contributed by atoms with Crippen LogP contribution in [0, 0.1) is 0 Å². The minimum absolute atomic E-state index is 0.00962. The van der Waals surface area contributed by atoms with E-state index in [0.717, 1.165) is 15.4 Å². The Balaban J connectivity index is 1.65. The zero-order valence-electron chi connectivity index (χ0n) is 17.0.